The van der Waals surface area contributed by atoms with E-state index in [-0.39, 0.29) is 22.0 Å². The molecule has 0 aliphatic carbocycles. The summed E-state index contributed by atoms with van der Waals surface area (Å²) in [6.07, 6.45) is 4.18. The Labute approximate surface area is 237 Å². The summed E-state index contributed by atoms with van der Waals surface area (Å²) in [5.74, 6) is 0.356. The van der Waals surface area contributed by atoms with Crippen LogP contribution in [0, 0.1) is 13.8 Å². The number of rotatable bonds is 8. The summed E-state index contributed by atoms with van der Waals surface area (Å²) in [4.78, 5) is 21.8. The first kappa shape index (κ1) is 26.5. The monoisotopic (exact) mass is 566 g/mol. The Hall–Kier alpha value is -4.70. The van der Waals surface area contributed by atoms with E-state index in [1.54, 1.807) is 30.3 Å². The van der Waals surface area contributed by atoms with Gasteiger partial charge >= 0.3 is 0 Å². The van der Waals surface area contributed by atoms with Crippen LogP contribution in [0.3, 0.4) is 0 Å². The summed E-state index contributed by atoms with van der Waals surface area (Å²) in [6, 6.07) is 19.4. The van der Waals surface area contributed by atoms with Crippen LogP contribution in [-0.2, 0) is 16.4 Å². The maximum Gasteiger partial charge on any atom is 0.268 e. The van der Waals surface area contributed by atoms with Crippen LogP contribution in [0.15, 0.2) is 77.8 Å². The highest BCUT2D eigenvalue weighted by Gasteiger charge is 2.29. The zero-order valence-corrected chi connectivity index (χ0v) is 23.9. The van der Waals surface area contributed by atoms with Gasteiger partial charge in [-0.1, -0.05) is 43.2 Å². The van der Waals surface area contributed by atoms with Crippen LogP contribution in [0.5, 0.6) is 0 Å². The predicted octanol–water partition coefficient (Wildman–Crippen LogP) is 5.71. The maximum atomic E-state index is 14.1. The largest absolute Gasteiger partial charge is 0.383 e. The molecule has 41 heavy (non-hydrogen) atoms. The van der Waals surface area contributed by atoms with E-state index in [1.165, 1.54) is 10.9 Å². The molecular weight excluding hydrogens is 536 g/mol. The molecule has 0 fully saturated rings. The highest BCUT2D eigenvalue weighted by molar-refractivity contribution is 7.90. The number of nitrogen functional groups attached to an aromatic ring is 1. The quantitative estimate of drug-likeness (QED) is 0.227. The third-order valence-corrected chi connectivity index (χ3v) is 9.06. The molecule has 0 atom stereocenters. The first-order valence-corrected chi connectivity index (χ1v) is 14.9. The van der Waals surface area contributed by atoms with Crippen LogP contribution < -0.4 is 5.73 Å². The minimum Gasteiger partial charge on any atom is -0.383 e. The van der Waals surface area contributed by atoms with Crippen molar-refractivity contribution < 1.29 is 13.2 Å². The molecule has 0 aliphatic rings. The van der Waals surface area contributed by atoms with Crippen LogP contribution >= 0.6 is 0 Å². The van der Waals surface area contributed by atoms with Crippen molar-refractivity contribution in [2.75, 3.05) is 5.73 Å². The lowest BCUT2D eigenvalue weighted by atomic mass is 10.1. The molecule has 0 saturated heterocycles. The second-order valence-corrected chi connectivity index (χ2v) is 12.1. The fraction of sp³-hybridized carbons (Fsp3) is 0.194. The van der Waals surface area contributed by atoms with E-state index in [9.17, 15) is 13.2 Å². The highest BCUT2D eigenvalue weighted by Crippen LogP contribution is 2.31. The zero-order valence-electron chi connectivity index (χ0n) is 23.0. The van der Waals surface area contributed by atoms with Crippen molar-refractivity contribution in [3.8, 4) is 5.69 Å². The number of nitrogens with two attached hydrogens (primary N) is 1. The second kappa shape index (κ2) is 10.0. The van der Waals surface area contributed by atoms with E-state index >= 15 is 0 Å². The van der Waals surface area contributed by atoms with Crippen molar-refractivity contribution in [1.29, 1.82) is 0 Å². The number of anilines is 1. The van der Waals surface area contributed by atoms with Gasteiger partial charge in [-0.15, -0.1) is 0 Å². The van der Waals surface area contributed by atoms with Gasteiger partial charge in [0.15, 0.2) is 0 Å². The molecule has 0 radical (unpaired) electrons. The van der Waals surface area contributed by atoms with E-state index in [4.69, 9.17) is 5.73 Å². The number of nitrogens with zero attached hydrogens (tertiary/aromatic N) is 4. The SMILES string of the molecule is CCCCc1ccc2cc(C(=O)c3cnn(-c4ccc5nc(C)[nH]c5c4)c3N)n(S(=O)(=O)c3ccc(C)cc3)c2c1. The lowest BCUT2D eigenvalue weighted by Gasteiger charge is -2.12. The smallest absolute Gasteiger partial charge is 0.268 e. The lowest BCUT2D eigenvalue weighted by Crippen LogP contribution is -2.19. The molecule has 3 aromatic heterocycles. The van der Waals surface area contributed by atoms with Crippen molar-refractivity contribution in [1.82, 2.24) is 23.7 Å². The molecule has 0 unspecified atom stereocenters. The van der Waals surface area contributed by atoms with Crippen molar-refractivity contribution in [2.24, 2.45) is 0 Å². The van der Waals surface area contributed by atoms with Gasteiger partial charge in [-0.3, -0.25) is 4.79 Å². The van der Waals surface area contributed by atoms with Crippen LogP contribution in [0.25, 0.3) is 27.6 Å². The standard InChI is InChI=1S/C31H30N6O3S/c1-4-5-6-21-9-10-22-16-29(37(28(22)15-21)41(39,40)24-12-7-19(2)8-13-24)30(38)25-18-33-36(31(25)32)23-11-14-26-27(17-23)35-20(3)34-26/h7-18H,4-6,32H2,1-3H3,(H,34,35). The minimum atomic E-state index is -4.12. The molecule has 6 rings (SSSR count). The average molecular weight is 567 g/mol. The number of ketones is 1. The van der Waals surface area contributed by atoms with Gasteiger partial charge in [0.05, 0.1) is 38.9 Å². The number of hydrogen-bond acceptors (Lipinski definition) is 6. The molecule has 0 aliphatic heterocycles. The van der Waals surface area contributed by atoms with Gasteiger partial charge in [-0.05, 0) is 74.7 Å². The number of benzene rings is 3. The number of aryl methyl sites for hydroxylation is 3. The van der Waals surface area contributed by atoms with Crippen LogP contribution in [-0.4, -0.2) is 37.9 Å². The Morgan fingerprint density at radius 1 is 1.00 bits per heavy atom. The molecular formula is C31H30N6O3S. The topological polar surface area (TPSA) is 129 Å². The number of nitrogens with one attached hydrogen (secondary N) is 1. The third-order valence-electron chi connectivity index (χ3n) is 7.32. The molecule has 0 saturated carbocycles. The molecule has 0 spiro atoms. The van der Waals surface area contributed by atoms with Crippen LogP contribution in [0.4, 0.5) is 5.82 Å². The number of imidazole rings is 1. The summed E-state index contributed by atoms with van der Waals surface area (Å²) >= 11 is 0. The van der Waals surface area contributed by atoms with E-state index in [2.05, 4.69) is 22.0 Å². The maximum absolute atomic E-state index is 14.1. The summed E-state index contributed by atoms with van der Waals surface area (Å²) in [6.45, 7) is 5.87. The number of aromatic amines is 1. The van der Waals surface area contributed by atoms with Gasteiger partial charge < -0.3 is 10.7 Å². The van der Waals surface area contributed by atoms with Crippen molar-refractivity contribution in [3.63, 3.8) is 0 Å². The van der Waals surface area contributed by atoms with E-state index < -0.39 is 15.8 Å². The Balaban J connectivity index is 1.50. The van der Waals surface area contributed by atoms with Crippen molar-refractivity contribution >= 4 is 43.6 Å². The van der Waals surface area contributed by atoms with Gasteiger partial charge in [0.1, 0.15) is 17.3 Å². The molecule has 0 amide bonds. The number of unbranched alkanes of at least 4 members (excludes halogenated alkanes) is 1. The molecule has 6 aromatic rings. The minimum absolute atomic E-state index is 0.000823. The van der Waals surface area contributed by atoms with Crippen LogP contribution in [0.1, 0.15) is 52.8 Å². The van der Waals surface area contributed by atoms with Crippen molar-refractivity contribution in [3.05, 3.63) is 101 Å². The lowest BCUT2D eigenvalue weighted by molar-refractivity contribution is 0.103. The Morgan fingerprint density at radius 3 is 2.54 bits per heavy atom. The summed E-state index contributed by atoms with van der Waals surface area (Å²) < 4.78 is 30.8. The van der Waals surface area contributed by atoms with Gasteiger partial charge in [0, 0.05) is 5.39 Å². The Kier molecular flexibility index (Phi) is 6.50. The third kappa shape index (κ3) is 4.59. The normalized spacial score (nSPS) is 12.0. The molecule has 3 heterocycles. The zero-order chi connectivity index (χ0) is 28.9. The molecule has 3 aromatic carbocycles. The second-order valence-electron chi connectivity index (χ2n) is 10.3. The number of carbonyl (C=O) groups is 1. The molecule has 208 valence electrons. The average Bonchev–Trinajstić information content (AvgIpc) is 3.64. The van der Waals surface area contributed by atoms with Crippen LogP contribution in [0.2, 0.25) is 0 Å². The number of aromatic nitrogens is 5. The number of fused-ring (bicyclic) bond motifs is 2. The van der Waals surface area contributed by atoms with Gasteiger partial charge in [0.25, 0.3) is 10.0 Å². The van der Waals surface area contributed by atoms with Crippen molar-refractivity contribution in [2.45, 2.75) is 44.9 Å². The van der Waals surface area contributed by atoms with Gasteiger partial charge in [-0.25, -0.2) is 22.1 Å². The summed E-state index contributed by atoms with van der Waals surface area (Å²) in [7, 11) is -4.12. The predicted molar refractivity (Wildman–Crippen MR) is 160 cm³/mol. The van der Waals surface area contributed by atoms with E-state index in [0.717, 1.165) is 51.2 Å². The van der Waals surface area contributed by atoms with E-state index in [1.807, 2.05) is 50.2 Å². The number of hydrogen-bond donors (Lipinski definition) is 2. The molecule has 3 N–H and O–H groups in total. The van der Waals surface area contributed by atoms with Gasteiger partial charge in [-0.2, -0.15) is 5.10 Å². The highest BCUT2D eigenvalue weighted by atomic mass is 32.2. The molecule has 10 heteroatoms. The Bertz CT molecular complexity index is 2050. The first-order valence-electron chi connectivity index (χ1n) is 13.5. The number of H-pyrrole nitrogens is 1. The Morgan fingerprint density at radius 2 is 1.78 bits per heavy atom. The van der Waals surface area contributed by atoms with E-state index in [0.29, 0.717) is 16.6 Å². The molecule has 0 bridgehead atoms. The number of carbonyl (C=O) groups excluding carboxylic acids is 1. The first-order chi connectivity index (χ1) is 19.7. The summed E-state index contributed by atoms with van der Waals surface area (Å²) in [5.41, 5.74) is 11.2. The fourth-order valence-corrected chi connectivity index (χ4v) is 6.63. The summed E-state index contributed by atoms with van der Waals surface area (Å²) in [5, 5.41) is 5.03. The molecule has 9 nitrogen and oxygen atoms in total. The van der Waals surface area contributed by atoms with Gasteiger partial charge in [0.2, 0.25) is 5.78 Å². The fourth-order valence-electron chi connectivity index (χ4n) is 5.13.